The number of phenolic OH excluding ortho intramolecular Hbond substituents is 1. The molecule has 18 heavy (non-hydrogen) atoms. The highest BCUT2D eigenvalue weighted by Gasteiger charge is 2.21. The largest absolute Gasteiger partial charge is 0.507 e. The minimum atomic E-state index is -0.121. The second-order valence-electron chi connectivity index (χ2n) is 5.37. The number of carbonyl (C=O) groups excluding carboxylic acids is 1. The van der Waals surface area contributed by atoms with Crippen molar-refractivity contribution in [3.8, 4) is 5.75 Å². The molecule has 0 aromatic heterocycles. The van der Waals surface area contributed by atoms with E-state index in [9.17, 15) is 9.90 Å². The number of amides is 1. The molecule has 1 aromatic carbocycles. The Hall–Kier alpha value is -1.51. The summed E-state index contributed by atoms with van der Waals surface area (Å²) in [6, 6.07) is 5.42. The number of aryl methyl sites for hydroxylation is 1. The molecule has 0 fully saturated rings. The van der Waals surface area contributed by atoms with E-state index in [1.54, 1.807) is 37.1 Å². The lowest BCUT2D eigenvalue weighted by atomic mass is 10.0. The van der Waals surface area contributed by atoms with Crippen LogP contribution in [0.25, 0.3) is 0 Å². The summed E-state index contributed by atoms with van der Waals surface area (Å²) >= 11 is 0. The molecule has 0 heterocycles. The van der Waals surface area contributed by atoms with Crippen molar-refractivity contribution in [2.45, 2.75) is 40.2 Å². The summed E-state index contributed by atoms with van der Waals surface area (Å²) in [6.07, 6.45) is 0.953. The van der Waals surface area contributed by atoms with Crippen LogP contribution in [0.2, 0.25) is 0 Å². The summed E-state index contributed by atoms with van der Waals surface area (Å²) in [5.41, 5.74) is 1.11. The number of hydrogen-bond acceptors (Lipinski definition) is 2. The fraction of sp³-hybridized carbons (Fsp3) is 0.533. The van der Waals surface area contributed by atoms with Crippen molar-refractivity contribution in [3.05, 3.63) is 29.3 Å². The highest BCUT2D eigenvalue weighted by molar-refractivity contribution is 5.97. The van der Waals surface area contributed by atoms with Gasteiger partial charge in [0.25, 0.3) is 5.91 Å². The average molecular weight is 249 g/mol. The third kappa shape index (κ3) is 3.25. The van der Waals surface area contributed by atoms with Crippen LogP contribution in [0.5, 0.6) is 5.75 Å². The molecule has 0 aliphatic carbocycles. The van der Waals surface area contributed by atoms with E-state index in [4.69, 9.17) is 0 Å². The van der Waals surface area contributed by atoms with Crippen LogP contribution in [-0.2, 0) is 0 Å². The first-order valence-corrected chi connectivity index (χ1v) is 6.40. The highest BCUT2D eigenvalue weighted by Crippen LogP contribution is 2.23. The molecule has 0 radical (unpaired) electrons. The van der Waals surface area contributed by atoms with Crippen molar-refractivity contribution >= 4 is 5.91 Å². The molecule has 1 aromatic rings. The molecular formula is C15H23NO2. The Morgan fingerprint density at radius 3 is 2.50 bits per heavy atom. The van der Waals surface area contributed by atoms with Crippen molar-refractivity contribution in [2.24, 2.45) is 5.92 Å². The standard InChI is InChI=1S/C15H23NO2/c1-10(2)9-12(4)16(5)15(18)13-8-6-7-11(3)14(13)17/h6-8,10,12,17H,9H2,1-5H3. The molecule has 0 aliphatic heterocycles. The summed E-state index contributed by atoms with van der Waals surface area (Å²) in [7, 11) is 1.79. The first-order valence-electron chi connectivity index (χ1n) is 6.40. The maximum Gasteiger partial charge on any atom is 0.257 e. The van der Waals surface area contributed by atoms with Crippen molar-refractivity contribution in [1.29, 1.82) is 0 Å². The minimum Gasteiger partial charge on any atom is -0.507 e. The van der Waals surface area contributed by atoms with Gasteiger partial charge in [0.2, 0.25) is 0 Å². The van der Waals surface area contributed by atoms with E-state index in [2.05, 4.69) is 13.8 Å². The molecule has 1 rings (SSSR count). The van der Waals surface area contributed by atoms with Gasteiger partial charge in [0.1, 0.15) is 5.75 Å². The van der Waals surface area contributed by atoms with Gasteiger partial charge in [0.15, 0.2) is 0 Å². The first-order chi connectivity index (χ1) is 8.34. The van der Waals surface area contributed by atoms with E-state index < -0.39 is 0 Å². The van der Waals surface area contributed by atoms with Crippen LogP contribution in [0, 0.1) is 12.8 Å². The van der Waals surface area contributed by atoms with Crippen LogP contribution >= 0.6 is 0 Å². The van der Waals surface area contributed by atoms with Crippen LogP contribution in [0.3, 0.4) is 0 Å². The lowest BCUT2D eigenvalue weighted by Crippen LogP contribution is -2.36. The SMILES string of the molecule is Cc1cccc(C(=O)N(C)C(C)CC(C)C)c1O. The molecule has 0 spiro atoms. The summed E-state index contributed by atoms with van der Waals surface area (Å²) in [6.45, 7) is 8.10. The summed E-state index contributed by atoms with van der Waals surface area (Å²) in [4.78, 5) is 14.0. The molecule has 1 amide bonds. The number of rotatable bonds is 4. The average Bonchev–Trinajstić information content (AvgIpc) is 2.30. The maximum absolute atomic E-state index is 12.3. The Kier molecular flexibility index (Phi) is 4.76. The minimum absolute atomic E-state index is 0.0890. The molecule has 3 nitrogen and oxygen atoms in total. The smallest absolute Gasteiger partial charge is 0.257 e. The van der Waals surface area contributed by atoms with E-state index >= 15 is 0 Å². The third-order valence-electron chi connectivity index (χ3n) is 3.26. The van der Waals surface area contributed by atoms with Gasteiger partial charge in [-0.2, -0.15) is 0 Å². The Bertz CT molecular complexity index is 427. The predicted octanol–water partition coefficient (Wildman–Crippen LogP) is 3.21. The molecule has 1 atom stereocenters. The Morgan fingerprint density at radius 1 is 1.33 bits per heavy atom. The van der Waals surface area contributed by atoms with Gasteiger partial charge >= 0.3 is 0 Å². The van der Waals surface area contributed by atoms with Gasteiger partial charge in [0.05, 0.1) is 5.56 Å². The topological polar surface area (TPSA) is 40.5 Å². The van der Waals surface area contributed by atoms with Crippen molar-refractivity contribution in [3.63, 3.8) is 0 Å². The normalized spacial score (nSPS) is 12.6. The summed E-state index contributed by atoms with van der Waals surface area (Å²) < 4.78 is 0. The number of aromatic hydroxyl groups is 1. The predicted molar refractivity (Wildman–Crippen MR) is 73.9 cm³/mol. The molecule has 0 saturated heterocycles. The number of nitrogens with zero attached hydrogens (tertiary/aromatic N) is 1. The fourth-order valence-electron chi connectivity index (χ4n) is 2.06. The fourth-order valence-corrected chi connectivity index (χ4v) is 2.06. The summed E-state index contributed by atoms with van der Waals surface area (Å²) in [5, 5.41) is 9.93. The second-order valence-corrected chi connectivity index (χ2v) is 5.37. The summed E-state index contributed by atoms with van der Waals surface area (Å²) in [5.74, 6) is 0.511. The van der Waals surface area contributed by atoms with Crippen LogP contribution in [0.15, 0.2) is 18.2 Å². The molecule has 100 valence electrons. The van der Waals surface area contributed by atoms with Crippen molar-refractivity contribution < 1.29 is 9.90 Å². The van der Waals surface area contributed by atoms with E-state index in [1.807, 2.05) is 6.92 Å². The Morgan fingerprint density at radius 2 is 1.94 bits per heavy atom. The van der Waals surface area contributed by atoms with Crippen LogP contribution in [-0.4, -0.2) is 29.0 Å². The Labute approximate surface area is 109 Å². The van der Waals surface area contributed by atoms with Gasteiger partial charge in [-0.15, -0.1) is 0 Å². The number of phenols is 1. The molecule has 0 aliphatic rings. The molecule has 0 saturated carbocycles. The molecule has 1 unspecified atom stereocenters. The second kappa shape index (κ2) is 5.89. The number of benzene rings is 1. The van der Waals surface area contributed by atoms with Crippen molar-refractivity contribution in [1.82, 2.24) is 4.90 Å². The zero-order valence-corrected chi connectivity index (χ0v) is 11.9. The highest BCUT2D eigenvalue weighted by atomic mass is 16.3. The van der Waals surface area contributed by atoms with Gasteiger partial charge in [-0.3, -0.25) is 4.79 Å². The number of para-hydroxylation sites is 1. The van der Waals surface area contributed by atoms with E-state index in [0.717, 1.165) is 12.0 Å². The zero-order chi connectivity index (χ0) is 13.9. The van der Waals surface area contributed by atoms with Crippen LogP contribution < -0.4 is 0 Å². The molecular weight excluding hydrogens is 226 g/mol. The van der Waals surface area contributed by atoms with Crippen molar-refractivity contribution in [2.75, 3.05) is 7.05 Å². The molecule has 3 heteroatoms. The molecule has 1 N–H and O–H groups in total. The van der Waals surface area contributed by atoms with Gasteiger partial charge in [0, 0.05) is 13.1 Å². The lowest BCUT2D eigenvalue weighted by molar-refractivity contribution is 0.0725. The monoisotopic (exact) mass is 249 g/mol. The quantitative estimate of drug-likeness (QED) is 0.890. The van der Waals surface area contributed by atoms with Gasteiger partial charge in [-0.1, -0.05) is 26.0 Å². The van der Waals surface area contributed by atoms with Gasteiger partial charge < -0.3 is 10.0 Å². The number of hydrogen-bond donors (Lipinski definition) is 1. The zero-order valence-electron chi connectivity index (χ0n) is 11.9. The third-order valence-corrected chi connectivity index (χ3v) is 3.26. The number of carbonyl (C=O) groups is 1. The van der Waals surface area contributed by atoms with Crippen LogP contribution in [0.1, 0.15) is 43.1 Å². The van der Waals surface area contributed by atoms with Crippen LogP contribution in [0.4, 0.5) is 0 Å². The van der Waals surface area contributed by atoms with Gasteiger partial charge in [-0.05, 0) is 37.8 Å². The van der Waals surface area contributed by atoms with Gasteiger partial charge in [-0.25, -0.2) is 0 Å². The van der Waals surface area contributed by atoms with E-state index in [1.165, 1.54) is 0 Å². The van der Waals surface area contributed by atoms with E-state index in [0.29, 0.717) is 11.5 Å². The lowest BCUT2D eigenvalue weighted by Gasteiger charge is -2.26. The maximum atomic E-state index is 12.3. The Balaban J connectivity index is 2.90. The molecule has 0 bridgehead atoms. The van der Waals surface area contributed by atoms with E-state index in [-0.39, 0.29) is 17.7 Å². The first kappa shape index (κ1) is 14.6.